The molecule has 1 heterocycles. The molecule has 0 aliphatic rings. The molecule has 0 radical (unpaired) electrons. The van der Waals surface area contributed by atoms with Gasteiger partial charge in [-0.25, -0.2) is 4.98 Å². The fourth-order valence-corrected chi connectivity index (χ4v) is 2.31. The summed E-state index contributed by atoms with van der Waals surface area (Å²) in [5.41, 5.74) is 1.47. The number of rotatable bonds is 4. The molecule has 20 heavy (non-hydrogen) atoms. The van der Waals surface area contributed by atoms with Crippen molar-refractivity contribution in [2.45, 2.75) is 13.8 Å². The van der Waals surface area contributed by atoms with Crippen LogP contribution in [0.15, 0.2) is 23.6 Å². The molecule has 2 N–H and O–H groups in total. The molecule has 106 valence electrons. The van der Waals surface area contributed by atoms with Crippen molar-refractivity contribution in [3.8, 4) is 22.8 Å². The molecule has 5 nitrogen and oxygen atoms in total. The number of carbonyl (C=O) groups is 1. The lowest BCUT2D eigenvalue weighted by Gasteiger charge is -2.06. The average molecular weight is 292 g/mol. The van der Waals surface area contributed by atoms with Crippen molar-refractivity contribution in [1.29, 1.82) is 0 Å². The zero-order chi connectivity index (χ0) is 14.7. The normalized spacial score (nSPS) is 10.6. The lowest BCUT2D eigenvalue weighted by Crippen LogP contribution is -2.17. The van der Waals surface area contributed by atoms with Crippen LogP contribution >= 0.6 is 11.3 Å². The number of benzene rings is 1. The van der Waals surface area contributed by atoms with Crippen molar-refractivity contribution in [3.63, 3.8) is 0 Å². The first-order chi connectivity index (χ1) is 9.51. The van der Waals surface area contributed by atoms with Gasteiger partial charge in [-0.3, -0.25) is 4.79 Å². The molecule has 0 spiro atoms. The second kappa shape index (κ2) is 5.92. The van der Waals surface area contributed by atoms with Gasteiger partial charge in [-0.1, -0.05) is 13.8 Å². The number of carbonyl (C=O) groups excluding carboxylic acids is 1. The number of phenolic OH excluding ortho intramolecular Hbond substituents is 1. The minimum atomic E-state index is -0.0921. The van der Waals surface area contributed by atoms with Crippen LogP contribution < -0.4 is 10.1 Å². The van der Waals surface area contributed by atoms with Gasteiger partial charge in [-0.05, 0) is 12.1 Å². The third-order valence-electron chi connectivity index (χ3n) is 2.72. The van der Waals surface area contributed by atoms with Crippen LogP contribution in [0.4, 0.5) is 5.13 Å². The summed E-state index contributed by atoms with van der Waals surface area (Å²) in [6.07, 6.45) is 0. The predicted octanol–water partition coefficient (Wildman–Crippen LogP) is 3.12. The van der Waals surface area contributed by atoms with Crippen molar-refractivity contribution < 1.29 is 14.6 Å². The van der Waals surface area contributed by atoms with E-state index in [1.54, 1.807) is 12.1 Å². The third-order valence-corrected chi connectivity index (χ3v) is 3.48. The molecule has 0 saturated heterocycles. The van der Waals surface area contributed by atoms with Gasteiger partial charge in [0.15, 0.2) is 5.13 Å². The average Bonchev–Trinajstić information content (AvgIpc) is 2.86. The number of anilines is 1. The molecular formula is C14H16N2O3S. The summed E-state index contributed by atoms with van der Waals surface area (Å²) < 4.78 is 5.23. The number of nitrogens with zero attached hydrogens (tertiary/aromatic N) is 1. The molecule has 1 aromatic carbocycles. The van der Waals surface area contributed by atoms with E-state index in [0.717, 1.165) is 5.56 Å². The summed E-state index contributed by atoms with van der Waals surface area (Å²) in [4.78, 5) is 16.0. The minimum absolute atomic E-state index is 0.0661. The van der Waals surface area contributed by atoms with Crippen LogP contribution in [0.25, 0.3) is 11.3 Å². The van der Waals surface area contributed by atoms with Crippen molar-refractivity contribution in [2.75, 3.05) is 12.4 Å². The summed E-state index contributed by atoms with van der Waals surface area (Å²) in [5, 5.41) is 14.6. The van der Waals surface area contributed by atoms with Gasteiger partial charge in [0.05, 0.1) is 12.8 Å². The van der Waals surface area contributed by atoms with Gasteiger partial charge in [-0.15, -0.1) is 11.3 Å². The Morgan fingerprint density at radius 1 is 1.45 bits per heavy atom. The van der Waals surface area contributed by atoms with Gasteiger partial charge in [0.25, 0.3) is 0 Å². The van der Waals surface area contributed by atoms with Crippen molar-refractivity contribution in [1.82, 2.24) is 4.98 Å². The molecule has 2 aromatic rings. The molecular weight excluding hydrogens is 276 g/mol. The molecule has 0 aliphatic heterocycles. The van der Waals surface area contributed by atoms with E-state index in [1.165, 1.54) is 24.5 Å². The Bertz CT molecular complexity index is 623. The molecule has 0 bridgehead atoms. The maximum atomic E-state index is 11.6. The maximum Gasteiger partial charge on any atom is 0.228 e. The zero-order valence-corrected chi connectivity index (χ0v) is 12.3. The Morgan fingerprint density at radius 3 is 2.85 bits per heavy atom. The van der Waals surface area contributed by atoms with E-state index in [1.807, 2.05) is 19.2 Å². The Labute approximate surface area is 121 Å². The van der Waals surface area contributed by atoms with Gasteiger partial charge in [0, 0.05) is 22.9 Å². The van der Waals surface area contributed by atoms with E-state index in [-0.39, 0.29) is 17.6 Å². The van der Waals surface area contributed by atoms with Crippen LogP contribution in [0.5, 0.6) is 11.5 Å². The lowest BCUT2D eigenvalue weighted by molar-refractivity contribution is -0.118. The molecule has 0 unspecified atom stereocenters. The first-order valence-corrected chi connectivity index (χ1v) is 7.03. The van der Waals surface area contributed by atoms with E-state index < -0.39 is 0 Å². The van der Waals surface area contributed by atoms with E-state index in [0.29, 0.717) is 16.6 Å². The molecule has 0 saturated carbocycles. The standard InChI is InChI=1S/C14H16N2O3S/c1-8(2)13(18)16-14-15-11(7-20-14)10-5-4-9(17)6-12(10)19-3/h4-8,17H,1-3H3,(H,15,16,18). The highest BCUT2D eigenvalue weighted by molar-refractivity contribution is 7.14. The summed E-state index contributed by atoms with van der Waals surface area (Å²) >= 11 is 1.35. The molecule has 6 heteroatoms. The molecule has 0 fully saturated rings. The molecule has 2 rings (SSSR count). The van der Waals surface area contributed by atoms with Crippen LogP contribution in [0.1, 0.15) is 13.8 Å². The Kier molecular flexibility index (Phi) is 4.24. The summed E-state index contributed by atoms with van der Waals surface area (Å²) in [5.74, 6) is 0.514. The number of amides is 1. The number of ether oxygens (including phenoxy) is 1. The minimum Gasteiger partial charge on any atom is -0.508 e. The second-order valence-electron chi connectivity index (χ2n) is 4.57. The van der Waals surface area contributed by atoms with Gasteiger partial charge >= 0.3 is 0 Å². The Balaban J connectivity index is 2.27. The first-order valence-electron chi connectivity index (χ1n) is 6.15. The number of nitrogens with one attached hydrogen (secondary N) is 1. The maximum absolute atomic E-state index is 11.6. The van der Waals surface area contributed by atoms with Crippen LogP contribution in [0.2, 0.25) is 0 Å². The number of aromatic nitrogens is 1. The molecule has 1 amide bonds. The summed E-state index contributed by atoms with van der Waals surface area (Å²) in [6, 6.07) is 4.84. The lowest BCUT2D eigenvalue weighted by atomic mass is 10.1. The Hall–Kier alpha value is -2.08. The zero-order valence-electron chi connectivity index (χ0n) is 11.5. The fourth-order valence-electron chi connectivity index (χ4n) is 1.60. The van der Waals surface area contributed by atoms with Gasteiger partial charge < -0.3 is 15.2 Å². The number of methoxy groups -OCH3 is 1. The number of thiazole rings is 1. The molecule has 0 atom stereocenters. The SMILES string of the molecule is COc1cc(O)ccc1-c1csc(NC(=O)C(C)C)n1. The first kappa shape index (κ1) is 14.3. The van der Waals surface area contributed by atoms with Gasteiger partial charge in [0.1, 0.15) is 11.5 Å². The van der Waals surface area contributed by atoms with E-state index in [2.05, 4.69) is 10.3 Å². The highest BCUT2D eigenvalue weighted by Crippen LogP contribution is 2.34. The quantitative estimate of drug-likeness (QED) is 0.908. The van der Waals surface area contributed by atoms with Crippen LogP contribution in [-0.2, 0) is 4.79 Å². The molecule has 0 aliphatic carbocycles. The smallest absolute Gasteiger partial charge is 0.228 e. The van der Waals surface area contributed by atoms with E-state index in [9.17, 15) is 9.90 Å². The van der Waals surface area contributed by atoms with E-state index in [4.69, 9.17) is 4.74 Å². The highest BCUT2D eigenvalue weighted by Gasteiger charge is 2.13. The van der Waals surface area contributed by atoms with Crippen LogP contribution in [0.3, 0.4) is 0 Å². The second-order valence-corrected chi connectivity index (χ2v) is 5.42. The van der Waals surface area contributed by atoms with Crippen molar-refractivity contribution >= 4 is 22.4 Å². The van der Waals surface area contributed by atoms with Crippen molar-refractivity contribution in [2.24, 2.45) is 5.92 Å². The summed E-state index contributed by atoms with van der Waals surface area (Å²) in [7, 11) is 1.53. The third kappa shape index (κ3) is 3.08. The number of phenols is 1. The van der Waals surface area contributed by atoms with Crippen LogP contribution in [0, 0.1) is 5.92 Å². The highest BCUT2D eigenvalue weighted by atomic mass is 32.1. The number of hydrogen-bond donors (Lipinski definition) is 2. The monoisotopic (exact) mass is 292 g/mol. The van der Waals surface area contributed by atoms with Gasteiger partial charge in [-0.2, -0.15) is 0 Å². The molecule has 1 aromatic heterocycles. The van der Waals surface area contributed by atoms with E-state index >= 15 is 0 Å². The van der Waals surface area contributed by atoms with Gasteiger partial charge in [0.2, 0.25) is 5.91 Å². The number of aromatic hydroxyl groups is 1. The fraction of sp³-hybridized carbons (Fsp3) is 0.286. The topological polar surface area (TPSA) is 71.5 Å². The predicted molar refractivity (Wildman–Crippen MR) is 79.2 cm³/mol. The van der Waals surface area contributed by atoms with Crippen LogP contribution in [-0.4, -0.2) is 23.1 Å². The largest absolute Gasteiger partial charge is 0.508 e. The number of hydrogen-bond acceptors (Lipinski definition) is 5. The Morgan fingerprint density at radius 2 is 2.20 bits per heavy atom. The van der Waals surface area contributed by atoms with Crippen molar-refractivity contribution in [3.05, 3.63) is 23.6 Å². The summed E-state index contributed by atoms with van der Waals surface area (Å²) in [6.45, 7) is 3.65.